The first-order chi connectivity index (χ1) is 5.89. The van der Waals surface area contributed by atoms with E-state index in [0.29, 0.717) is 17.2 Å². The van der Waals surface area contributed by atoms with Crippen LogP contribution in [0.4, 0.5) is 13.2 Å². The van der Waals surface area contributed by atoms with Gasteiger partial charge < -0.3 is 4.84 Å². The molecule has 0 N–H and O–H groups in total. The zero-order valence-corrected chi connectivity index (χ0v) is 6.50. The molecule has 1 heterocycles. The maximum Gasteiger partial charge on any atom is 0.419 e. The van der Waals surface area contributed by atoms with Gasteiger partial charge in [-0.1, -0.05) is 4.85 Å². The van der Waals surface area contributed by atoms with E-state index in [-0.39, 0.29) is 0 Å². The monoisotopic (exact) mass is 194 g/mol. The van der Waals surface area contributed by atoms with Crippen molar-refractivity contribution in [3.05, 3.63) is 18.0 Å². The topological polar surface area (TPSA) is 44.1 Å². The summed E-state index contributed by atoms with van der Waals surface area (Å²) in [6.45, 7) is 1.06. The molecule has 0 aliphatic carbocycles. The molecule has 1 rings (SSSR count). The normalized spacial score (nSPS) is 11.4. The molecule has 1 aromatic rings. The van der Waals surface area contributed by atoms with Gasteiger partial charge in [0.1, 0.15) is 0 Å². The second kappa shape index (κ2) is 3.08. The summed E-state index contributed by atoms with van der Waals surface area (Å²) in [5.74, 6) is -0.739. The van der Waals surface area contributed by atoms with Gasteiger partial charge >= 0.3 is 12.1 Å². The molecule has 7 heteroatoms. The van der Waals surface area contributed by atoms with Gasteiger partial charge in [-0.25, -0.2) is 4.79 Å². The van der Waals surface area contributed by atoms with E-state index in [9.17, 15) is 18.0 Å². The second-order valence-corrected chi connectivity index (χ2v) is 2.21. The molecule has 0 amide bonds. The van der Waals surface area contributed by atoms with Gasteiger partial charge in [0.15, 0.2) is 0 Å². The molecule has 0 saturated heterocycles. The molecule has 72 valence electrons. The molecule has 0 aliphatic heterocycles. The first kappa shape index (κ1) is 9.56. The Morgan fingerprint density at radius 2 is 2.23 bits per heavy atom. The summed E-state index contributed by atoms with van der Waals surface area (Å²) in [6, 6.07) is 0. The summed E-state index contributed by atoms with van der Waals surface area (Å²) < 4.78 is 35.8. The second-order valence-electron chi connectivity index (χ2n) is 2.21. The highest BCUT2D eigenvalue weighted by Gasteiger charge is 2.32. The zero-order valence-electron chi connectivity index (χ0n) is 6.50. The van der Waals surface area contributed by atoms with E-state index in [4.69, 9.17) is 0 Å². The van der Waals surface area contributed by atoms with Gasteiger partial charge in [0.05, 0.1) is 18.0 Å². The zero-order chi connectivity index (χ0) is 10.1. The molecule has 0 aromatic carbocycles. The van der Waals surface area contributed by atoms with Gasteiger partial charge in [-0.2, -0.15) is 13.2 Å². The van der Waals surface area contributed by atoms with Crippen LogP contribution >= 0.6 is 0 Å². The number of carbonyl (C=O) groups is 1. The molecule has 0 radical (unpaired) electrons. The molecule has 13 heavy (non-hydrogen) atoms. The summed E-state index contributed by atoms with van der Waals surface area (Å²) in [4.78, 5) is 15.0. The highest BCUT2D eigenvalue weighted by Crippen LogP contribution is 2.28. The first-order valence-electron chi connectivity index (χ1n) is 3.20. The number of hydrogen-bond acceptors (Lipinski definition) is 3. The minimum Gasteiger partial charge on any atom is -0.320 e. The van der Waals surface area contributed by atoms with Crippen molar-refractivity contribution in [2.24, 2.45) is 0 Å². The van der Waals surface area contributed by atoms with Crippen LogP contribution in [0, 0.1) is 0 Å². The van der Waals surface area contributed by atoms with Crippen LogP contribution in [0.1, 0.15) is 12.5 Å². The van der Waals surface area contributed by atoms with Gasteiger partial charge in [-0.05, 0) is 0 Å². The van der Waals surface area contributed by atoms with Crippen molar-refractivity contribution in [3.63, 3.8) is 0 Å². The Morgan fingerprint density at radius 3 is 2.62 bits per heavy atom. The van der Waals surface area contributed by atoms with Crippen LogP contribution in [0.2, 0.25) is 0 Å². The van der Waals surface area contributed by atoms with Gasteiger partial charge in [-0.15, -0.1) is 5.10 Å². The van der Waals surface area contributed by atoms with Crippen molar-refractivity contribution in [2.45, 2.75) is 13.1 Å². The fourth-order valence-electron chi connectivity index (χ4n) is 0.633. The van der Waals surface area contributed by atoms with Crippen molar-refractivity contribution in [3.8, 4) is 0 Å². The molecule has 0 fully saturated rings. The lowest BCUT2D eigenvalue weighted by atomic mass is 10.4. The van der Waals surface area contributed by atoms with E-state index in [1.54, 1.807) is 0 Å². The molecule has 0 atom stereocenters. The van der Waals surface area contributed by atoms with Gasteiger partial charge in [0, 0.05) is 6.92 Å². The van der Waals surface area contributed by atoms with Crippen molar-refractivity contribution in [2.75, 3.05) is 0 Å². The van der Waals surface area contributed by atoms with Crippen LogP contribution in [-0.2, 0) is 11.0 Å². The number of nitrogens with zero attached hydrogens (tertiary/aromatic N) is 2. The average molecular weight is 194 g/mol. The quantitative estimate of drug-likeness (QED) is 0.666. The lowest BCUT2D eigenvalue weighted by Gasteiger charge is -2.00. The SMILES string of the molecule is CC(=O)On1cc(C(F)(F)F)cn1. The van der Waals surface area contributed by atoms with Crippen LogP contribution in [0.3, 0.4) is 0 Å². The van der Waals surface area contributed by atoms with Gasteiger partial charge in [0.25, 0.3) is 0 Å². The van der Waals surface area contributed by atoms with E-state index in [0.717, 1.165) is 6.92 Å². The molecule has 1 aromatic heterocycles. The number of rotatable bonds is 1. The third-order valence-corrected chi connectivity index (χ3v) is 1.11. The van der Waals surface area contributed by atoms with Crippen molar-refractivity contribution < 1.29 is 22.8 Å². The molecular weight excluding hydrogens is 189 g/mol. The van der Waals surface area contributed by atoms with E-state index >= 15 is 0 Å². The lowest BCUT2D eigenvalue weighted by molar-refractivity contribution is -0.144. The Labute approximate surface area is 70.9 Å². The number of carbonyl (C=O) groups excluding carboxylic acids is 1. The highest BCUT2D eigenvalue weighted by atomic mass is 19.4. The van der Waals surface area contributed by atoms with Crippen molar-refractivity contribution in [1.29, 1.82) is 0 Å². The summed E-state index contributed by atoms with van der Waals surface area (Å²) in [6.07, 6.45) is -3.32. The smallest absolute Gasteiger partial charge is 0.320 e. The number of hydrogen-bond donors (Lipinski definition) is 0. The summed E-state index contributed by atoms with van der Waals surface area (Å²) in [7, 11) is 0. The fraction of sp³-hybridized carbons (Fsp3) is 0.333. The summed E-state index contributed by atoms with van der Waals surface area (Å²) >= 11 is 0. The molecule has 0 bridgehead atoms. The minimum atomic E-state index is -4.47. The van der Waals surface area contributed by atoms with E-state index < -0.39 is 17.7 Å². The molecule has 0 saturated carbocycles. The number of aromatic nitrogens is 2. The summed E-state index contributed by atoms with van der Waals surface area (Å²) in [5, 5.41) is 3.18. The van der Waals surface area contributed by atoms with Gasteiger partial charge in [-0.3, -0.25) is 0 Å². The Morgan fingerprint density at radius 1 is 1.62 bits per heavy atom. The van der Waals surface area contributed by atoms with Crippen LogP contribution in [-0.4, -0.2) is 15.9 Å². The third kappa shape index (κ3) is 2.46. The van der Waals surface area contributed by atoms with E-state index in [1.807, 2.05) is 0 Å². The molecule has 4 nitrogen and oxygen atoms in total. The Kier molecular flexibility index (Phi) is 2.26. The highest BCUT2D eigenvalue weighted by molar-refractivity contribution is 5.66. The van der Waals surface area contributed by atoms with E-state index in [2.05, 4.69) is 9.94 Å². The van der Waals surface area contributed by atoms with Crippen LogP contribution in [0.15, 0.2) is 12.4 Å². The van der Waals surface area contributed by atoms with Crippen molar-refractivity contribution >= 4 is 5.97 Å². The van der Waals surface area contributed by atoms with Gasteiger partial charge in [0.2, 0.25) is 0 Å². The molecule has 0 unspecified atom stereocenters. The third-order valence-electron chi connectivity index (χ3n) is 1.11. The maximum atomic E-state index is 11.9. The predicted octanol–water partition coefficient (Wildman–Crippen LogP) is 0.877. The lowest BCUT2D eigenvalue weighted by Crippen LogP contribution is -2.16. The number of alkyl halides is 3. The number of halogens is 3. The Hall–Kier alpha value is -1.53. The fourth-order valence-corrected chi connectivity index (χ4v) is 0.633. The van der Waals surface area contributed by atoms with Crippen LogP contribution in [0.5, 0.6) is 0 Å². The predicted molar refractivity (Wildman–Crippen MR) is 34.5 cm³/mol. The molecular formula is C6H5F3N2O2. The van der Waals surface area contributed by atoms with Crippen LogP contribution in [0.25, 0.3) is 0 Å². The minimum absolute atomic E-state index is 0.463. The Bertz CT molecular complexity index is 318. The molecule has 0 spiro atoms. The first-order valence-corrected chi connectivity index (χ1v) is 3.20. The van der Waals surface area contributed by atoms with Crippen molar-refractivity contribution in [1.82, 2.24) is 9.94 Å². The molecule has 0 aliphatic rings. The van der Waals surface area contributed by atoms with E-state index in [1.165, 1.54) is 0 Å². The average Bonchev–Trinajstić information content (AvgIpc) is 2.32. The standard InChI is InChI=1S/C6H5F3N2O2/c1-4(12)13-11-3-5(2-10-11)6(7,8)9/h2-3H,1H3. The largest absolute Gasteiger partial charge is 0.419 e. The Balaban J connectivity index is 2.81. The summed E-state index contributed by atoms with van der Waals surface area (Å²) in [5.41, 5.74) is -0.964. The maximum absolute atomic E-state index is 11.9. The van der Waals surface area contributed by atoms with Crippen LogP contribution < -0.4 is 4.84 Å².